The number of aromatic nitrogens is 2. The van der Waals surface area contributed by atoms with Crippen molar-refractivity contribution < 1.29 is 10.0 Å². The summed E-state index contributed by atoms with van der Waals surface area (Å²) in [7, 11) is 0. The molecule has 5 rings (SSSR count). The summed E-state index contributed by atoms with van der Waals surface area (Å²) in [5.41, 5.74) is 2.61. The first-order chi connectivity index (χ1) is 16.4. The van der Waals surface area contributed by atoms with E-state index < -0.39 is 11.0 Å². The minimum Gasteiger partial charge on any atom is -0.506 e. The third-order valence-electron chi connectivity index (χ3n) is 5.70. The molecule has 2 atom stereocenters. The Morgan fingerprint density at radius 3 is 2.71 bits per heavy atom. The molecule has 170 valence electrons. The highest BCUT2D eigenvalue weighted by Crippen LogP contribution is 2.45. The van der Waals surface area contributed by atoms with Gasteiger partial charge >= 0.3 is 0 Å². The van der Waals surface area contributed by atoms with Gasteiger partial charge in [0, 0.05) is 35.2 Å². The van der Waals surface area contributed by atoms with E-state index in [0.717, 1.165) is 11.4 Å². The second kappa shape index (κ2) is 8.77. The molecule has 0 amide bonds. The molecular formula is C24H18ClN5O3S. The maximum Gasteiger partial charge on any atom is 0.271 e. The molecule has 2 aromatic carbocycles. The number of phenolic OH excluding ortho intramolecular Hbond substituents is 1. The van der Waals surface area contributed by atoms with Crippen molar-refractivity contribution in [1.29, 1.82) is 0 Å². The second-order valence-electron chi connectivity index (χ2n) is 7.71. The SMILES string of the molecule is O=[N+]([O-])c1cccc(-n2cccc2[C@@H]2[C@H](c3ccccn3)NC(=S)N2c2cc(Cl)ccc2O)c1. The molecule has 2 aromatic heterocycles. The molecule has 1 saturated heterocycles. The summed E-state index contributed by atoms with van der Waals surface area (Å²) >= 11 is 12.0. The number of aromatic hydroxyl groups is 1. The van der Waals surface area contributed by atoms with Gasteiger partial charge in [-0.2, -0.15) is 0 Å². The molecule has 10 heteroatoms. The standard InChI is InChI=1S/C24H18ClN5O3S/c25-15-9-10-21(31)20(13-15)29-23(22(27-24(29)34)18-7-1-2-11-26-18)19-8-4-12-28(19)16-5-3-6-17(14-16)30(32)33/h1-14,22-23,31H,(H,27,34)/t22-,23+/m0/s1. The number of nitro groups is 1. The number of thiocarbonyl (C=S) groups is 1. The minimum absolute atomic E-state index is 0.0113. The van der Waals surface area contributed by atoms with Crippen LogP contribution < -0.4 is 10.2 Å². The van der Waals surface area contributed by atoms with Crippen molar-refractivity contribution in [1.82, 2.24) is 14.9 Å². The lowest BCUT2D eigenvalue weighted by molar-refractivity contribution is -0.384. The molecule has 3 heterocycles. The molecule has 1 aliphatic rings. The van der Waals surface area contributed by atoms with Gasteiger partial charge in [0.2, 0.25) is 0 Å². The van der Waals surface area contributed by atoms with Crippen molar-refractivity contribution in [2.45, 2.75) is 12.1 Å². The molecule has 4 aromatic rings. The van der Waals surface area contributed by atoms with Crippen LogP contribution in [0.25, 0.3) is 5.69 Å². The fourth-order valence-corrected chi connectivity index (χ4v) is 4.74. The average Bonchev–Trinajstić information content (AvgIpc) is 3.45. The van der Waals surface area contributed by atoms with E-state index in [1.165, 1.54) is 18.2 Å². The maximum atomic E-state index is 11.4. The Kier molecular flexibility index (Phi) is 5.64. The minimum atomic E-state index is -0.443. The number of halogens is 1. The van der Waals surface area contributed by atoms with Crippen LogP contribution in [0.5, 0.6) is 5.75 Å². The van der Waals surface area contributed by atoms with Crippen molar-refractivity contribution in [3.05, 3.63) is 112 Å². The highest BCUT2D eigenvalue weighted by molar-refractivity contribution is 7.80. The zero-order valence-corrected chi connectivity index (χ0v) is 19.1. The first-order valence-electron chi connectivity index (χ1n) is 10.4. The van der Waals surface area contributed by atoms with Gasteiger partial charge in [0.05, 0.1) is 28.0 Å². The molecule has 1 fully saturated rings. The normalized spacial score (nSPS) is 17.6. The number of nitrogens with one attached hydrogen (secondary N) is 1. The molecular weight excluding hydrogens is 474 g/mol. The van der Waals surface area contributed by atoms with Crippen LogP contribution in [0.3, 0.4) is 0 Å². The van der Waals surface area contributed by atoms with Crippen LogP contribution in [0.15, 0.2) is 85.2 Å². The largest absolute Gasteiger partial charge is 0.506 e. The van der Waals surface area contributed by atoms with Gasteiger partial charge in [0.15, 0.2) is 5.11 Å². The number of rotatable bonds is 5. The predicted octanol–water partition coefficient (Wildman–Crippen LogP) is 5.32. The van der Waals surface area contributed by atoms with E-state index >= 15 is 0 Å². The van der Waals surface area contributed by atoms with Gasteiger partial charge in [-0.25, -0.2) is 0 Å². The molecule has 0 radical (unpaired) electrons. The number of pyridine rings is 1. The Balaban J connectivity index is 1.69. The number of benzene rings is 2. The van der Waals surface area contributed by atoms with E-state index in [-0.39, 0.29) is 17.5 Å². The molecule has 34 heavy (non-hydrogen) atoms. The van der Waals surface area contributed by atoms with Crippen molar-refractivity contribution >= 4 is 40.3 Å². The van der Waals surface area contributed by atoms with E-state index in [1.54, 1.807) is 35.4 Å². The number of hydrogen-bond acceptors (Lipinski definition) is 5. The first-order valence-corrected chi connectivity index (χ1v) is 11.1. The summed E-state index contributed by atoms with van der Waals surface area (Å²) in [4.78, 5) is 17.3. The van der Waals surface area contributed by atoms with E-state index in [1.807, 2.05) is 41.1 Å². The first kappa shape index (κ1) is 21.9. The second-order valence-corrected chi connectivity index (χ2v) is 8.53. The zero-order valence-electron chi connectivity index (χ0n) is 17.6. The third-order valence-corrected chi connectivity index (χ3v) is 6.25. The Labute approximate surface area is 205 Å². The van der Waals surface area contributed by atoms with Crippen LogP contribution in [0.1, 0.15) is 23.5 Å². The van der Waals surface area contributed by atoms with Gasteiger partial charge in [0.1, 0.15) is 11.8 Å². The molecule has 0 saturated carbocycles. The Morgan fingerprint density at radius 2 is 1.94 bits per heavy atom. The lowest BCUT2D eigenvalue weighted by Crippen LogP contribution is -2.30. The fraction of sp³-hybridized carbons (Fsp3) is 0.0833. The lowest BCUT2D eigenvalue weighted by Gasteiger charge is -2.29. The summed E-state index contributed by atoms with van der Waals surface area (Å²) in [6.07, 6.45) is 3.54. The average molecular weight is 492 g/mol. The lowest BCUT2D eigenvalue weighted by atomic mass is 10.0. The third kappa shape index (κ3) is 3.85. The number of phenols is 1. The number of hydrogen-bond donors (Lipinski definition) is 2. The number of nitro benzene ring substituents is 1. The summed E-state index contributed by atoms with van der Waals surface area (Å²) in [6, 6.07) is 19.8. The Morgan fingerprint density at radius 1 is 1.09 bits per heavy atom. The maximum absolute atomic E-state index is 11.4. The topological polar surface area (TPSA) is 96.5 Å². The summed E-state index contributed by atoms with van der Waals surface area (Å²) in [6.45, 7) is 0. The molecule has 0 unspecified atom stereocenters. The number of anilines is 1. The van der Waals surface area contributed by atoms with Gasteiger partial charge in [-0.1, -0.05) is 23.7 Å². The monoisotopic (exact) mass is 491 g/mol. The van der Waals surface area contributed by atoms with Crippen LogP contribution in [-0.2, 0) is 0 Å². The predicted molar refractivity (Wildman–Crippen MR) is 133 cm³/mol. The number of nitrogens with zero attached hydrogens (tertiary/aromatic N) is 4. The van der Waals surface area contributed by atoms with E-state index in [9.17, 15) is 15.2 Å². The van der Waals surface area contributed by atoms with E-state index in [0.29, 0.717) is 21.5 Å². The Bertz CT molecular complexity index is 1390. The van der Waals surface area contributed by atoms with Gasteiger partial charge in [-0.15, -0.1) is 0 Å². The highest BCUT2D eigenvalue weighted by Gasteiger charge is 2.43. The highest BCUT2D eigenvalue weighted by atomic mass is 35.5. The van der Waals surface area contributed by atoms with Crippen LogP contribution in [0.2, 0.25) is 5.02 Å². The molecule has 0 aliphatic carbocycles. The van der Waals surface area contributed by atoms with E-state index in [4.69, 9.17) is 23.8 Å². The molecule has 8 nitrogen and oxygen atoms in total. The zero-order chi connectivity index (χ0) is 23.8. The number of non-ortho nitro benzene ring substituents is 1. The molecule has 0 bridgehead atoms. The summed E-state index contributed by atoms with van der Waals surface area (Å²) in [5.74, 6) is 0.0219. The van der Waals surface area contributed by atoms with Gasteiger partial charge < -0.3 is 19.9 Å². The van der Waals surface area contributed by atoms with Gasteiger partial charge in [-0.3, -0.25) is 15.1 Å². The van der Waals surface area contributed by atoms with Crippen molar-refractivity contribution in [2.75, 3.05) is 4.90 Å². The van der Waals surface area contributed by atoms with Crippen LogP contribution in [-0.4, -0.2) is 24.7 Å². The van der Waals surface area contributed by atoms with Gasteiger partial charge in [0.25, 0.3) is 5.69 Å². The smallest absolute Gasteiger partial charge is 0.271 e. The Hall–Kier alpha value is -3.95. The van der Waals surface area contributed by atoms with Crippen molar-refractivity contribution in [3.8, 4) is 11.4 Å². The van der Waals surface area contributed by atoms with Gasteiger partial charge in [-0.05, 0) is 60.7 Å². The quantitative estimate of drug-likeness (QED) is 0.221. The molecule has 2 N–H and O–H groups in total. The van der Waals surface area contributed by atoms with Crippen molar-refractivity contribution in [3.63, 3.8) is 0 Å². The van der Waals surface area contributed by atoms with Crippen LogP contribution in [0.4, 0.5) is 11.4 Å². The summed E-state index contributed by atoms with van der Waals surface area (Å²) < 4.78 is 1.87. The van der Waals surface area contributed by atoms with Crippen molar-refractivity contribution in [2.24, 2.45) is 0 Å². The summed E-state index contributed by atoms with van der Waals surface area (Å²) in [5, 5.41) is 26.2. The van der Waals surface area contributed by atoms with Crippen LogP contribution in [0, 0.1) is 10.1 Å². The molecule has 0 spiro atoms. The van der Waals surface area contributed by atoms with E-state index in [2.05, 4.69) is 10.3 Å². The molecule has 1 aliphatic heterocycles. The fourth-order valence-electron chi connectivity index (χ4n) is 4.23. The van der Waals surface area contributed by atoms with Crippen LogP contribution >= 0.6 is 23.8 Å².